The number of carbonyl (C=O) groups excluding carboxylic acids is 2. The van der Waals surface area contributed by atoms with Crippen LogP contribution in [-0.2, 0) is 21.5 Å². The van der Waals surface area contributed by atoms with Crippen LogP contribution in [0.25, 0.3) is 0 Å². The number of benzene rings is 1. The van der Waals surface area contributed by atoms with E-state index in [1.807, 2.05) is 24.6 Å². The third-order valence-corrected chi connectivity index (χ3v) is 5.70. The minimum Gasteiger partial charge on any atom is -0.496 e. The lowest BCUT2D eigenvalue weighted by atomic mass is 9.95. The maximum absolute atomic E-state index is 12.9. The number of methoxy groups -OCH3 is 1. The molecule has 0 saturated carbocycles. The predicted molar refractivity (Wildman–Crippen MR) is 115 cm³/mol. The van der Waals surface area contributed by atoms with Crippen molar-refractivity contribution in [2.45, 2.75) is 59.1 Å². The van der Waals surface area contributed by atoms with Gasteiger partial charge in [0, 0.05) is 23.0 Å². The number of hydrogen-bond acceptors (Lipinski definition) is 5. The lowest BCUT2D eigenvalue weighted by Gasteiger charge is -2.25. The molecule has 1 amide bonds. The van der Waals surface area contributed by atoms with E-state index in [9.17, 15) is 9.59 Å². The minimum absolute atomic E-state index is 0.122. The molecule has 0 N–H and O–H groups in total. The van der Waals surface area contributed by atoms with Gasteiger partial charge in [-0.15, -0.1) is 11.3 Å². The molecule has 0 aliphatic carbocycles. The van der Waals surface area contributed by atoms with Crippen molar-refractivity contribution in [2.75, 3.05) is 7.11 Å². The molecule has 1 aromatic carbocycles. The zero-order chi connectivity index (χ0) is 22.0. The summed E-state index contributed by atoms with van der Waals surface area (Å²) < 4.78 is 12.5. The summed E-state index contributed by atoms with van der Waals surface area (Å²) in [4.78, 5) is 30.2. The average molecular weight is 439 g/mol. The first kappa shape index (κ1) is 23.2. The first-order chi connectivity index (χ1) is 13.3. The van der Waals surface area contributed by atoms with Gasteiger partial charge >= 0.3 is 5.97 Å². The summed E-state index contributed by atoms with van der Waals surface area (Å²) in [5, 5.41) is 0.426. The Morgan fingerprint density at radius 1 is 1.21 bits per heavy atom. The van der Waals surface area contributed by atoms with Gasteiger partial charge < -0.3 is 14.0 Å². The van der Waals surface area contributed by atoms with E-state index >= 15 is 0 Å². The molecule has 0 spiro atoms. The van der Waals surface area contributed by atoms with Gasteiger partial charge in [0.25, 0.3) is 5.91 Å². The van der Waals surface area contributed by atoms with Crippen molar-refractivity contribution in [3.8, 4) is 5.75 Å². The molecular weight excluding hydrogens is 412 g/mol. The highest BCUT2D eigenvalue weighted by molar-refractivity contribution is 7.09. The summed E-state index contributed by atoms with van der Waals surface area (Å²) in [6.45, 7) is 11.6. The second-order valence-corrected chi connectivity index (χ2v) is 9.82. The topological polar surface area (TPSA) is 69.9 Å². The molecule has 0 unspecified atom stereocenters. The quantitative estimate of drug-likeness (QED) is 0.640. The van der Waals surface area contributed by atoms with Gasteiger partial charge in [0.2, 0.25) is 0 Å². The molecule has 29 heavy (non-hydrogen) atoms. The summed E-state index contributed by atoms with van der Waals surface area (Å²) in [5.41, 5.74) is -0.590. The van der Waals surface area contributed by atoms with Crippen LogP contribution < -0.4 is 9.54 Å². The van der Waals surface area contributed by atoms with E-state index in [1.54, 1.807) is 12.1 Å². The Morgan fingerprint density at radius 2 is 1.86 bits per heavy atom. The van der Waals surface area contributed by atoms with Crippen molar-refractivity contribution in [3.63, 3.8) is 0 Å². The van der Waals surface area contributed by atoms with Gasteiger partial charge in [0.05, 0.1) is 19.2 Å². The van der Waals surface area contributed by atoms with Gasteiger partial charge in [-0.1, -0.05) is 32.4 Å². The van der Waals surface area contributed by atoms with Crippen LogP contribution >= 0.6 is 22.9 Å². The van der Waals surface area contributed by atoms with Gasteiger partial charge in [0.15, 0.2) is 4.80 Å². The number of nitrogens with zero attached hydrogens (tertiary/aromatic N) is 2. The van der Waals surface area contributed by atoms with Crippen LogP contribution in [0, 0.1) is 0 Å². The average Bonchev–Trinajstić information content (AvgIpc) is 2.95. The van der Waals surface area contributed by atoms with E-state index in [0.717, 1.165) is 4.88 Å². The number of aromatic nitrogens is 1. The molecule has 0 aliphatic heterocycles. The number of rotatable bonds is 5. The third kappa shape index (κ3) is 6.18. The van der Waals surface area contributed by atoms with Crippen molar-refractivity contribution < 1.29 is 19.1 Å². The zero-order valence-electron chi connectivity index (χ0n) is 17.8. The molecule has 2 rings (SSSR count). The summed E-state index contributed by atoms with van der Waals surface area (Å²) in [5.74, 6) is -0.409. The van der Waals surface area contributed by atoms with E-state index in [0.29, 0.717) is 22.1 Å². The van der Waals surface area contributed by atoms with Crippen LogP contribution in [0.2, 0.25) is 5.02 Å². The van der Waals surface area contributed by atoms with Crippen LogP contribution in [0.1, 0.15) is 56.8 Å². The number of ether oxygens (including phenoxy) is 2. The molecule has 2 aromatic rings. The second kappa shape index (κ2) is 8.71. The van der Waals surface area contributed by atoms with Crippen LogP contribution in [0.3, 0.4) is 0 Å². The lowest BCUT2D eigenvalue weighted by molar-refractivity contribution is -0.154. The Morgan fingerprint density at radius 3 is 2.41 bits per heavy atom. The van der Waals surface area contributed by atoms with Crippen LogP contribution in [0.15, 0.2) is 29.4 Å². The standard InChI is InChI=1S/C21H27ClN2O4S/c1-13(25)28-21(5,6)12-24-11-17(20(2,3)4)29-19(24)23-18(26)15-10-14(22)8-9-16(15)27-7/h8-11H,12H2,1-7H3/b23-19-. The number of esters is 1. The molecule has 0 fully saturated rings. The molecule has 0 bridgehead atoms. The maximum atomic E-state index is 12.9. The fourth-order valence-corrected chi connectivity index (χ4v) is 3.97. The number of thiazole rings is 1. The van der Waals surface area contributed by atoms with E-state index in [-0.39, 0.29) is 16.9 Å². The Labute approximate surface area is 180 Å². The van der Waals surface area contributed by atoms with Gasteiger partial charge in [-0.25, -0.2) is 0 Å². The van der Waals surface area contributed by atoms with Gasteiger partial charge in [-0.3, -0.25) is 9.59 Å². The van der Waals surface area contributed by atoms with Gasteiger partial charge in [0.1, 0.15) is 11.4 Å². The largest absolute Gasteiger partial charge is 0.496 e. The maximum Gasteiger partial charge on any atom is 0.303 e. The van der Waals surface area contributed by atoms with E-state index in [4.69, 9.17) is 21.1 Å². The fraction of sp³-hybridized carbons (Fsp3) is 0.476. The summed E-state index contributed by atoms with van der Waals surface area (Å²) in [6.07, 6.45) is 1.96. The van der Waals surface area contributed by atoms with Gasteiger partial charge in [-0.2, -0.15) is 4.99 Å². The summed E-state index contributed by atoms with van der Waals surface area (Å²) >= 11 is 7.48. The number of amides is 1. The number of halogens is 1. The van der Waals surface area contributed by atoms with Crippen molar-refractivity contribution in [1.82, 2.24) is 4.57 Å². The normalized spacial score (nSPS) is 12.8. The highest BCUT2D eigenvalue weighted by Crippen LogP contribution is 2.26. The van der Waals surface area contributed by atoms with Crippen LogP contribution in [-0.4, -0.2) is 29.2 Å². The molecule has 0 saturated heterocycles. The SMILES string of the molecule is COc1ccc(Cl)cc1C(=O)/N=c1\sc(C(C)(C)C)cn1CC(C)(C)OC(C)=O. The van der Waals surface area contributed by atoms with Crippen molar-refractivity contribution in [3.05, 3.63) is 44.7 Å². The Kier molecular flexibility index (Phi) is 6.96. The fourth-order valence-electron chi connectivity index (χ4n) is 2.75. The second-order valence-electron chi connectivity index (χ2n) is 8.37. The molecule has 1 heterocycles. The molecule has 1 aromatic heterocycles. The van der Waals surface area contributed by atoms with E-state index in [2.05, 4.69) is 25.8 Å². The molecule has 6 nitrogen and oxygen atoms in total. The number of hydrogen-bond donors (Lipinski definition) is 0. The van der Waals surface area contributed by atoms with E-state index < -0.39 is 11.5 Å². The van der Waals surface area contributed by atoms with Crippen LogP contribution in [0.4, 0.5) is 0 Å². The Hall–Kier alpha value is -2.12. The smallest absolute Gasteiger partial charge is 0.303 e. The molecule has 8 heteroatoms. The van der Waals surface area contributed by atoms with Crippen LogP contribution in [0.5, 0.6) is 5.75 Å². The monoisotopic (exact) mass is 438 g/mol. The molecule has 158 valence electrons. The summed E-state index contributed by atoms with van der Waals surface area (Å²) in [7, 11) is 1.49. The third-order valence-electron chi connectivity index (χ3n) is 4.02. The van der Waals surface area contributed by atoms with E-state index in [1.165, 1.54) is 31.4 Å². The first-order valence-electron chi connectivity index (χ1n) is 9.15. The highest BCUT2D eigenvalue weighted by atomic mass is 35.5. The lowest BCUT2D eigenvalue weighted by Crippen LogP contribution is -2.35. The molecule has 0 radical (unpaired) electrons. The Bertz CT molecular complexity index is 983. The number of carbonyl (C=O) groups is 2. The molecular formula is C21H27ClN2O4S. The predicted octanol–water partition coefficient (Wildman–Crippen LogP) is 4.59. The highest BCUT2D eigenvalue weighted by Gasteiger charge is 2.25. The minimum atomic E-state index is -0.756. The molecule has 0 aliphatic rings. The molecule has 0 atom stereocenters. The first-order valence-corrected chi connectivity index (χ1v) is 10.3. The van der Waals surface area contributed by atoms with Gasteiger partial charge in [-0.05, 0) is 37.5 Å². The van der Waals surface area contributed by atoms with Crippen molar-refractivity contribution in [2.24, 2.45) is 4.99 Å². The van der Waals surface area contributed by atoms with Crippen molar-refractivity contribution >= 4 is 34.8 Å². The Balaban J connectivity index is 2.55. The van der Waals surface area contributed by atoms with Crippen molar-refractivity contribution in [1.29, 1.82) is 0 Å². The zero-order valence-corrected chi connectivity index (χ0v) is 19.4. The summed E-state index contributed by atoms with van der Waals surface area (Å²) in [6, 6.07) is 4.83.